The van der Waals surface area contributed by atoms with E-state index in [0.29, 0.717) is 31.2 Å². The summed E-state index contributed by atoms with van der Waals surface area (Å²) in [5.74, 6) is 1.92. The van der Waals surface area contributed by atoms with E-state index in [0.717, 1.165) is 24.0 Å². The first kappa shape index (κ1) is 17.1. The van der Waals surface area contributed by atoms with Gasteiger partial charge >= 0.3 is 0 Å². The Morgan fingerprint density at radius 1 is 1.46 bits per heavy atom. The first-order valence-corrected chi connectivity index (χ1v) is 8.86. The van der Waals surface area contributed by atoms with Gasteiger partial charge in [0.15, 0.2) is 0 Å². The third-order valence-corrected chi connectivity index (χ3v) is 4.37. The highest BCUT2D eigenvalue weighted by Crippen LogP contribution is 2.34. The summed E-state index contributed by atoms with van der Waals surface area (Å²) < 4.78 is 11.7. The predicted molar refractivity (Wildman–Crippen MR) is 94.7 cm³/mol. The molecular weight excluding hydrogens is 304 g/mol. The number of fused-ring (bicyclic) bond motifs is 1. The fraction of sp³-hybridized carbons (Fsp3) is 0.632. The first-order chi connectivity index (χ1) is 11.5. The van der Waals surface area contributed by atoms with Crippen LogP contribution in [0, 0.1) is 11.8 Å². The van der Waals surface area contributed by atoms with Crippen molar-refractivity contribution in [1.29, 1.82) is 0 Å². The van der Waals surface area contributed by atoms with Gasteiger partial charge in [-0.05, 0) is 49.8 Å². The zero-order chi connectivity index (χ0) is 17.2. The Labute approximate surface area is 144 Å². The average Bonchev–Trinajstić information content (AvgIpc) is 3.36. The lowest BCUT2D eigenvalue weighted by molar-refractivity contribution is 0.0667. The zero-order valence-corrected chi connectivity index (χ0v) is 14.9. The lowest BCUT2D eigenvalue weighted by Gasteiger charge is -2.36. The molecule has 0 spiro atoms. The van der Waals surface area contributed by atoms with E-state index in [-0.39, 0.29) is 11.4 Å². The molecule has 3 rings (SSSR count). The van der Waals surface area contributed by atoms with E-state index in [2.05, 4.69) is 31.4 Å². The topological polar surface area (TPSA) is 59.6 Å². The quantitative estimate of drug-likeness (QED) is 0.806. The van der Waals surface area contributed by atoms with Crippen LogP contribution < -0.4 is 15.4 Å². The molecule has 1 aliphatic carbocycles. The fourth-order valence-corrected chi connectivity index (χ4v) is 2.71. The van der Waals surface area contributed by atoms with Gasteiger partial charge in [0.05, 0.1) is 17.8 Å². The largest absolute Gasteiger partial charge is 0.489 e. The number of carbonyl (C=O) groups is 1. The highest BCUT2D eigenvalue weighted by molar-refractivity contribution is 5.95. The van der Waals surface area contributed by atoms with Crippen LogP contribution in [-0.4, -0.2) is 37.8 Å². The molecule has 2 aliphatic rings. The second-order valence-corrected chi connectivity index (χ2v) is 7.75. The van der Waals surface area contributed by atoms with E-state index in [1.807, 2.05) is 18.2 Å². The van der Waals surface area contributed by atoms with Crippen molar-refractivity contribution in [3.8, 4) is 5.75 Å². The van der Waals surface area contributed by atoms with Gasteiger partial charge in [0, 0.05) is 18.7 Å². The van der Waals surface area contributed by atoms with Crippen molar-refractivity contribution in [2.45, 2.75) is 39.2 Å². The van der Waals surface area contributed by atoms with Gasteiger partial charge in [-0.15, -0.1) is 0 Å². The molecule has 132 valence electrons. The van der Waals surface area contributed by atoms with Crippen molar-refractivity contribution in [3.63, 3.8) is 0 Å². The normalized spacial score (nSPS) is 22.5. The Morgan fingerprint density at radius 3 is 2.96 bits per heavy atom. The first-order valence-electron chi connectivity index (χ1n) is 8.86. The third kappa shape index (κ3) is 4.41. The molecule has 1 saturated carbocycles. The van der Waals surface area contributed by atoms with E-state index in [4.69, 9.17) is 9.47 Å². The van der Waals surface area contributed by atoms with Crippen LogP contribution in [0.2, 0.25) is 0 Å². The molecule has 0 radical (unpaired) electrons. The molecule has 0 bridgehead atoms. The van der Waals surface area contributed by atoms with Crippen LogP contribution in [-0.2, 0) is 4.74 Å². The van der Waals surface area contributed by atoms with Gasteiger partial charge in [-0.2, -0.15) is 0 Å². The Morgan fingerprint density at radius 2 is 2.25 bits per heavy atom. The Kier molecular flexibility index (Phi) is 4.99. The molecule has 1 heterocycles. The van der Waals surface area contributed by atoms with Crippen molar-refractivity contribution in [1.82, 2.24) is 5.32 Å². The molecule has 1 aromatic carbocycles. The number of ether oxygens (including phenoxy) is 2. The van der Waals surface area contributed by atoms with Crippen LogP contribution in [0.3, 0.4) is 0 Å². The molecule has 2 N–H and O–H groups in total. The molecule has 5 heteroatoms. The van der Waals surface area contributed by atoms with Gasteiger partial charge in [-0.1, -0.05) is 13.8 Å². The van der Waals surface area contributed by atoms with Gasteiger partial charge in [0.1, 0.15) is 12.4 Å². The smallest absolute Gasteiger partial charge is 0.251 e. The summed E-state index contributed by atoms with van der Waals surface area (Å²) in [5, 5.41) is 6.45. The molecule has 0 saturated heterocycles. The standard InChI is InChI=1S/C19H28N2O3/c1-13(2)9-20-18(22)15-6-7-17-16(8-15)21-19(3,12-24-17)11-23-10-14-4-5-14/h6-8,13-14,21H,4-5,9-12H2,1-3H3,(H,20,22). The van der Waals surface area contributed by atoms with Gasteiger partial charge in [0.2, 0.25) is 0 Å². The molecular formula is C19H28N2O3. The SMILES string of the molecule is CC(C)CNC(=O)c1ccc2c(c1)NC(C)(COCC1CC1)CO2. The van der Waals surface area contributed by atoms with Gasteiger partial charge in [-0.25, -0.2) is 0 Å². The minimum absolute atomic E-state index is 0.0504. The predicted octanol–water partition coefficient (Wildman–Crippen LogP) is 3.06. The van der Waals surface area contributed by atoms with Crippen molar-refractivity contribution in [2.24, 2.45) is 11.8 Å². The van der Waals surface area contributed by atoms with Gasteiger partial charge in [-0.3, -0.25) is 4.79 Å². The Bertz CT molecular complexity index is 598. The van der Waals surface area contributed by atoms with Gasteiger partial charge < -0.3 is 20.1 Å². The van der Waals surface area contributed by atoms with Crippen molar-refractivity contribution in [2.75, 3.05) is 31.7 Å². The molecule has 0 aromatic heterocycles. The number of carbonyl (C=O) groups excluding carboxylic acids is 1. The summed E-state index contributed by atoms with van der Waals surface area (Å²) in [4.78, 5) is 12.2. The number of rotatable bonds is 7. The molecule has 1 fully saturated rings. The molecule has 1 unspecified atom stereocenters. The lowest BCUT2D eigenvalue weighted by atomic mass is 10.0. The summed E-state index contributed by atoms with van der Waals surface area (Å²) in [5.41, 5.74) is 1.24. The molecule has 5 nitrogen and oxygen atoms in total. The van der Waals surface area contributed by atoms with Crippen LogP contribution in [0.4, 0.5) is 5.69 Å². The maximum absolute atomic E-state index is 12.2. The van der Waals surface area contributed by atoms with Gasteiger partial charge in [0.25, 0.3) is 5.91 Å². The summed E-state index contributed by atoms with van der Waals surface area (Å²) in [6.45, 7) is 8.92. The maximum atomic E-state index is 12.2. The lowest BCUT2D eigenvalue weighted by Crippen LogP contribution is -2.48. The minimum Gasteiger partial charge on any atom is -0.489 e. The van der Waals surface area contributed by atoms with E-state index in [1.54, 1.807) is 0 Å². The molecule has 1 aliphatic heterocycles. The van der Waals surface area contributed by atoms with Crippen molar-refractivity contribution < 1.29 is 14.3 Å². The van der Waals surface area contributed by atoms with E-state index in [9.17, 15) is 4.79 Å². The number of amides is 1. The van der Waals surface area contributed by atoms with E-state index < -0.39 is 0 Å². The molecule has 1 atom stereocenters. The number of hydrogen-bond donors (Lipinski definition) is 2. The second kappa shape index (κ2) is 7.01. The van der Waals surface area contributed by atoms with Crippen LogP contribution in [0.15, 0.2) is 18.2 Å². The minimum atomic E-state index is -0.269. The van der Waals surface area contributed by atoms with Crippen molar-refractivity contribution in [3.05, 3.63) is 23.8 Å². The molecule has 1 aromatic rings. The average molecular weight is 332 g/mol. The highest BCUT2D eigenvalue weighted by Gasteiger charge is 2.32. The summed E-state index contributed by atoms with van der Waals surface area (Å²) in [7, 11) is 0. The molecule has 1 amide bonds. The van der Waals surface area contributed by atoms with Crippen LogP contribution in [0.25, 0.3) is 0 Å². The fourth-order valence-electron chi connectivity index (χ4n) is 2.71. The number of benzene rings is 1. The Balaban J connectivity index is 1.62. The van der Waals surface area contributed by atoms with Crippen molar-refractivity contribution >= 4 is 11.6 Å². The monoisotopic (exact) mass is 332 g/mol. The van der Waals surface area contributed by atoms with E-state index in [1.165, 1.54) is 12.8 Å². The molecule has 24 heavy (non-hydrogen) atoms. The maximum Gasteiger partial charge on any atom is 0.251 e. The number of hydrogen-bond acceptors (Lipinski definition) is 4. The summed E-state index contributed by atoms with van der Waals surface area (Å²) in [6.07, 6.45) is 2.58. The van der Waals surface area contributed by atoms with Crippen LogP contribution >= 0.6 is 0 Å². The third-order valence-electron chi connectivity index (χ3n) is 4.37. The zero-order valence-electron chi connectivity index (χ0n) is 14.9. The van der Waals surface area contributed by atoms with E-state index >= 15 is 0 Å². The summed E-state index contributed by atoms with van der Waals surface area (Å²) in [6, 6.07) is 5.53. The highest BCUT2D eigenvalue weighted by atomic mass is 16.5. The van der Waals surface area contributed by atoms with Crippen LogP contribution in [0.1, 0.15) is 44.0 Å². The summed E-state index contributed by atoms with van der Waals surface area (Å²) >= 11 is 0. The Hall–Kier alpha value is -1.75. The number of anilines is 1. The number of nitrogens with one attached hydrogen (secondary N) is 2. The van der Waals surface area contributed by atoms with Crippen LogP contribution in [0.5, 0.6) is 5.75 Å². The second-order valence-electron chi connectivity index (χ2n) is 7.75.